The number of rotatable bonds is 3. The number of cyclic esters (lactones) is 1. The van der Waals surface area contributed by atoms with Crippen LogP contribution >= 0.6 is 0 Å². The van der Waals surface area contributed by atoms with Gasteiger partial charge in [0.05, 0.1) is 12.7 Å². The second-order valence-electron chi connectivity index (χ2n) is 5.96. The maximum atomic E-state index is 13.3. The quantitative estimate of drug-likeness (QED) is 0.621. The summed E-state index contributed by atoms with van der Waals surface area (Å²) in [6.07, 6.45) is 2.75. The van der Waals surface area contributed by atoms with Gasteiger partial charge >= 0.3 is 11.9 Å². The first-order chi connectivity index (χ1) is 11.3. The number of esters is 2. The van der Waals surface area contributed by atoms with Gasteiger partial charge in [0.1, 0.15) is 0 Å². The molecule has 1 amide bonds. The summed E-state index contributed by atoms with van der Waals surface area (Å²) in [5, 5.41) is 0. The van der Waals surface area contributed by atoms with Gasteiger partial charge in [0.2, 0.25) is 5.91 Å². The third kappa shape index (κ3) is 1.73. The van der Waals surface area contributed by atoms with Crippen molar-refractivity contribution in [1.29, 1.82) is 0 Å². The van der Waals surface area contributed by atoms with Crippen LogP contribution in [-0.2, 0) is 29.3 Å². The fraction of sp³-hybridized carbons (Fsp3) is 0.278. The molecular weight excluding hydrogens is 310 g/mol. The Labute approximate surface area is 139 Å². The van der Waals surface area contributed by atoms with E-state index in [0.29, 0.717) is 11.3 Å². The summed E-state index contributed by atoms with van der Waals surface area (Å²) >= 11 is 0. The van der Waals surface area contributed by atoms with E-state index in [1.807, 2.05) is 0 Å². The number of nitrogens with zero attached hydrogens (tertiary/aromatic N) is 1. The standard InChI is InChI=1S/C18H17NO5/c1-11(15(21)23-4)18(17(2)10-9-14(20)24-17)12-7-5-6-8-13(12)19(3)16(18)22/h5-10H,1H2,2-4H3/t17-,18+/m0/s1. The Morgan fingerprint density at radius 1 is 1.29 bits per heavy atom. The van der Waals surface area contributed by atoms with Crippen LogP contribution in [0, 0.1) is 0 Å². The molecule has 2 heterocycles. The summed E-state index contributed by atoms with van der Waals surface area (Å²) in [6, 6.07) is 7.05. The van der Waals surface area contributed by atoms with Gasteiger partial charge in [-0.1, -0.05) is 24.8 Å². The lowest BCUT2D eigenvalue weighted by Crippen LogP contribution is -2.57. The van der Waals surface area contributed by atoms with E-state index in [1.165, 1.54) is 24.2 Å². The zero-order chi connectivity index (χ0) is 17.7. The average molecular weight is 327 g/mol. The Balaban J connectivity index is 2.35. The third-order valence-electron chi connectivity index (χ3n) is 4.77. The molecule has 0 aromatic heterocycles. The molecule has 0 radical (unpaired) electrons. The molecule has 6 nitrogen and oxygen atoms in total. The second-order valence-corrected chi connectivity index (χ2v) is 5.96. The highest BCUT2D eigenvalue weighted by Gasteiger charge is 2.66. The number of ether oxygens (including phenoxy) is 2. The molecule has 0 aliphatic carbocycles. The minimum atomic E-state index is -1.58. The van der Waals surface area contributed by atoms with Gasteiger partial charge in [0, 0.05) is 24.4 Å². The minimum absolute atomic E-state index is 0.0753. The molecule has 124 valence electrons. The molecule has 2 aliphatic rings. The first kappa shape index (κ1) is 16.0. The fourth-order valence-corrected chi connectivity index (χ4v) is 3.61. The Morgan fingerprint density at radius 2 is 1.96 bits per heavy atom. The predicted molar refractivity (Wildman–Crippen MR) is 86.3 cm³/mol. The van der Waals surface area contributed by atoms with Gasteiger partial charge < -0.3 is 14.4 Å². The van der Waals surface area contributed by atoms with Gasteiger partial charge in [-0.15, -0.1) is 0 Å². The predicted octanol–water partition coefficient (Wildman–Crippen LogP) is 1.50. The van der Waals surface area contributed by atoms with Gasteiger partial charge in [-0.3, -0.25) is 4.79 Å². The lowest BCUT2D eigenvalue weighted by molar-refractivity contribution is -0.154. The van der Waals surface area contributed by atoms with Crippen molar-refractivity contribution >= 4 is 23.5 Å². The smallest absolute Gasteiger partial charge is 0.334 e. The number of anilines is 1. The van der Waals surface area contributed by atoms with Crippen LogP contribution in [0.1, 0.15) is 12.5 Å². The van der Waals surface area contributed by atoms with Crippen LogP contribution in [0.5, 0.6) is 0 Å². The largest absolute Gasteiger partial charge is 0.466 e. The van der Waals surface area contributed by atoms with Crippen LogP contribution in [0.25, 0.3) is 0 Å². The van der Waals surface area contributed by atoms with E-state index in [2.05, 4.69) is 6.58 Å². The van der Waals surface area contributed by atoms with Crippen LogP contribution in [0.15, 0.2) is 48.6 Å². The van der Waals surface area contributed by atoms with Crippen molar-refractivity contribution in [1.82, 2.24) is 0 Å². The average Bonchev–Trinajstić information content (AvgIpc) is 3.04. The van der Waals surface area contributed by atoms with Gasteiger partial charge in [-0.05, 0) is 19.1 Å². The van der Waals surface area contributed by atoms with Crippen LogP contribution in [0.3, 0.4) is 0 Å². The topological polar surface area (TPSA) is 72.9 Å². The SMILES string of the molecule is C=C(C(=O)OC)[C@]1([C@]2(C)C=CC(=O)O2)C(=O)N(C)c2ccccc21. The summed E-state index contributed by atoms with van der Waals surface area (Å²) in [4.78, 5) is 38.7. The van der Waals surface area contributed by atoms with Gasteiger partial charge in [-0.2, -0.15) is 0 Å². The van der Waals surface area contributed by atoms with Crippen molar-refractivity contribution in [2.45, 2.75) is 17.9 Å². The summed E-state index contributed by atoms with van der Waals surface area (Å²) in [7, 11) is 2.83. The van der Waals surface area contributed by atoms with E-state index in [9.17, 15) is 14.4 Å². The van der Waals surface area contributed by atoms with Crippen molar-refractivity contribution in [3.05, 3.63) is 54.1 Å². The highest BCUT2D eigenvalue weighted by Crippen LogP contribution is 2.54. The highest BCUT2D eigenvalue weighted by atomic mass is 16.6. The van der Waals surface area contributed by atoms with Crippen LogP contribution in [0.2, 0.25) is 0 Å². The maximum Gasteiger partial charge on any atom is 0.334 e. The first-order valence-electron chi connectivity index (χ1n) is 7.37. The van der Waals surface area contributed by atoms with Crippen molar-refractivity contribution in [3.63, 3.8) is 0 Å². The summed E-state index contributed by atoms with van der Waals surface area (Å²) in [5.41, 5.74) is -1.85. The number of benzene rings is 1. The van der Waals surface area contributed by atoms with Crippen LogP contribution in [0.4, 0.5) is 5.69 Å². The fourth-order valence-electron chi connectivity index (χ4n) is 3.61. The summed E-state index contributed by atoms with van der Waals surface area (Å²) in [6.45, 7) is 5.42. The third-order valence-corrected chi connectivity index (χ3v) is 4.77. The van der Waals surface area contributed by atoms with Gasteiger partial charge in [0.25, 0.3) is 0 Å². The molecule has 0 unspecified atom stereocenters. The number of hydrogen-bond donors (Lipinski definition) is 0. The molecule has 2 atom stereocenters. The highest BCUT2D eigenvalue weighted by molar-refractivity contribution is 6.16. The molecule has 1 aromatic rings. The second kappa shape index (κ2) is 5.06. The number of carbonyl (C=O) groups is 3. The van der Waals surface area contributed by atoms with E-state index in [-0.39, 0.29) is 5.57 Å². The molecule has 1 aromatic carbocycles. The number of hydrogen-bond acceptors (Lipinski definition) is 5. The van der Waals surface area contributed by atoms with E-state index in [0.717, 1.165) is 0 Å². The lowest BCUT2D eigenvalue weighted by atomic mass is 9.64. The Bertz CT molecular complexity index is 811. The number of likely N-dealkylation sites (N-methyl/N-ethyl adjacent to an activating group) is 1. The molecule has 2 aliphatic heterocycles. The minimum Gasteiger partial charge on any atom is -0.466 e. The Morgan fingerprint density at radius 3 is 2.54 bits per heavy atom. The molecule has 0 saturated carbocycles. The molecule has 0 bridgehead atoms. The number of carbonyl (C=O) groups excluding carboxylic acids is 3. The maximum absolute atomic E-state index is 13.3. The van der Waals surface area contributed by atoms with Crippen molar-refractivity contribution in [2.75, 3.05) is 19.1 Å². The van der Waals surface area contributed by atoms with Crippen molar-refractivity contribution in [2.24, 2.45) is 0 Å². The number of amides is 1. The number of fused-ring (bicyclic) bond motifs is 1. The Kier molecular flexibility index (Phi) is 3.37. The molecule has 24 heavy (non-hydrogen) atoms. The number of methoxy groups -OCH3 is 1. The molecule has 0 saturated heterocycles. The van der Waals surface area contributed by atoms with Gasteiger partial charge in [-0.25, -0.2) is 9.59 Å². The Hall–Kier alpha value is -2.89. The first-order valence-corrected chi connectivity index (χ1v) is 7.37. The molecule has 0 fully saturated rings. The molecule has 6 heteroatoms. The van der Waals surface area contributed by atoms with E-state index in [4.69, 9.17) is 9.47 Å². The molecule has 0 spiro atoms. The van der Waals surface area contributed by atoms with E-state index < -0.39 is 28.9 Å². The normalized spacial score (nSPS) is 27.9. The molecular formula is C18H17NO5. The zero-order valence-corrected chi connectivity index (χ0v) is 13.7. The van der Waals surface area contributed by atoms with Gasteiger partial charge in [0.15, 0.2) is 11.0 Å². The molecule has 0 N–H and O–H groups in total. The van der Waals surface area contributed by atoms with Crippen LogP contribution in [-0.4, -0.2) is 37.6 Å². The lowest BCUT2D eigenvalue weighted by Gasteiger charge is -2.40. The number of para-hydroxylation sites is 1. The summed E-state index contributed by atoms with van der Waals surface area (Å²) < 4.78 is 10.3. The van der Waals surface area contributed by atoms with Crippen molar-refractivity contribution in [3.8, 4) is 0 Å². The van der Waals surface area contributed by atoms with E-state index >= 15 is 0 Å². The monoisotopic (exact) mass is 327 g/mol. The molecule has 3 rings (SSSR count). The zero-order valence-electron chi connectivity index (χ0n) is 13.7. The van der Waals surface area contributed by atoms with E-state index in [1.54, 1.807) is 38.2 Å². The van der Waals surface area contributed by atoms with Crippen LogP contribution < -0.4 is 4.90 Å². The summed E-state index contributed by atoms with van der Waals surface area (Å²) in [5.74, 6) is -1.71. The van der Waals surface area contributed by atoms with Crippen molar-refractivity contribution < 1.29 is 23.9 Å².